The molecule has 0 saturated carbocycles. The monoisotopic (exact) mass is 297 g/mol. The van der Waals surface area contributed by atoms with E-state index in [1.807, 2.05) is 37.1 Å². The van der Waals surface area contributed by atoms with Crippen LogP contribution in [-0.2, 0) is 0 Å². The van der Waals surface area contributed by atoms with Crippen molar-refractivity contribution >= 4 is 21.8 Å². The third kappa shape index (κ3) is 3.84. The van der Waals surface area contributed by atoms with Crippen LogP contribution in [0.5, 0.6) is 0 Å². The van der Waals surface area contributed by atoms with Crippen LogP contribution in [-0.4, -0.2) is 24.4 Å². The Balaban J connectivity index is 2.85. The van der Waals surface area contributed by atoms with Gasteiger partial charge in [-0.3, -0.25) is 4.79 Å². The molecule has 1 aromatic carbocycles. The normalized spacial score (nSPS) is 12.3. The fraction of sp³-hybridized carbons (Fsp3) is 0.500. The van der Waals surface area contributed by atoms with E-state index >= 15 is 0 Å². The maximum Gasteiger partial charge on any atom is 0.253 e. The van der Waals surface area contributed by atoms with E-state index in [4.69, 9.17) is 0 Å². The maximum absolute atomic E-state index is 12.3. The standard InChI is InChI=1S/C14H20BrNO/c1-5-10(2)9-16(4)14(17)13-8-12(15)7-6-11(13)3/h6-8,10H,5,9H2,1-4H3. The van der Waals surface area contributed by atoms with E-state index in [-0.39, 0.29) is 5.91 Å². The van der Waals surface area contributed by atoms with E-state index in [0.29, 0.717) is 5.92 Å². The summed E-state index contributed by atoms with van der Waals surface area (Å²) in [6.45, 7) is 7.09. The first kappa shape index (κ1) is 14.2. The molecule has 1 aromatic rings. The number of carbonyl (C=O) groups is 1. The molecule has 1 amide bonds. The quantitative estimate of drug-likeness (QED) is 0.826. The van der Waals surface area contributed by atoms with Gasteiger partial charge in [-0.15, -0.1) is 0 Å². The largest absolute Gasteiger partial charge is 0.341 e. The predicted molar refractivity (Wildman–Crippen MR) is 75.3 cm³/mol. The molecule has 0 spiro atoms. The first-order valence-electron chi connectivity index (χ1n) is 5.97. The van der Waals surface area contributed by atoms with E-state index in [1.54, 1.807) is 0 Å². The summed E-state index contributed by atoms with van der Waals surface area (Å²) < 4.78 is 0.948. The highest BCUT2D eigenvalue weighted by molar-refractivity contribution is 9.10. The number of rotatable bonds is 4. The van der Waals surface area contributed by atoms with Crippen LogP contribution >= 0.6 is 15.9 Å². The molecular formula is C14H20BrNO. The minimum Gasteiger partial charge on any atom is -0.341 e. The zero-order valence-corrected chi connectivity index (χ0v) is 12.5. The van der Waals surface area contributed by atoms with Crippen molar-refractivity contribution in [3.63, 3.8) is 0 Å². The third-order valence-corrected chi connectivity index (χ3v) is 3.55. The summed E-state index contributed by atoms with van der Waals surface area (Å²) in [6.07, 6.45) is 1.09. The Hall–Kier alpha value is -0.830. The second-order valence-corrected chi connectivity index (χ2v) is 5.57. The van der Waals surface area contributed by atoms with Gasteiger partial charge in [0.1, 0.15) is 0 Å². The van der Waals surface area contributed by atoms with Gasteiger partial charge < -0.3 is 4.90 Å². The number of amides is 1. The molecule has 1 rings (SSSR count). The molecule has 3 heteroatoms. The van der Waals surface area contributed by atoms with Gasteiger partial charge in [0.15, 0.2) is 0 Å². The SMILES string of the molecule is CCC(C)CN(C)C(=O)c1cc(Br)ccc1C. The Morgan fingerprint density at radius 1 is 1.47 bits per heavy atom. The lowest BCUT2D eigenvalue weighted by Gasteiger charge is -2.21. The van der Waals surface area contributed by atoms with Crippen molar-refractivity contribution in [1.29, 1.82) is 0 Å². The second kappa shape index (κ2) is 6.20. The van der Waals surface area contributed by atoms with Crippen molar-refractivity contribution in [2.45, 2.75) is 27.2 Å². The molecule has 2 nitrogen and oxygen atoms in total. The van der Waals surface area contributed by atoms with Crippen LogP contribution in [0.3, 0.4) is 0 Å². The van der Waals surface area contributed by atoms with Crippen LogP contribution in [0.1, 0.15) is 36.2 Å². The lowest BCUT2D eigenvalue weighted by atomic mass is 10.1. The topological polar surface area (TPSA) is 20.3 Å². The van der Waals surface area contributed by atoms with Crippen molar-refractivity contribution < 1.29 is 4.79 Å². The Morgan fingerprint density at radius 2 is 2.12 bits per heavy atom. The molecular weight excluding hydrogens is 278 g/mol. The third-order valence-electron chi connectivity index (χ3n) is 3.06. The average molecular weight is 298 g/mol. The highest BCUT2D eigenvalue weighted by Gasteiger charge is 2.15. The molecule has 1 atom stereocenters. The number of hydrogen-bond acceptors (Lipinski definition) is 1. The Kier molecular flexibility index (Phi) is 5.19. The minimum atomic E-state index is 0.101. The van der Waals surface area contributed by atoms with Crippen molar-refractivity contribution in [3.05, 3.63) is 33.8 Å². The van der Waals surface area contributed by atoms with Crippen molar-refractivity contribution in [2.75, 3.05) is 13.6 Å². The average Bonchev–Trinajstić information content (AvgIpc) is 2.31. The van der Waals surface area contributed by atoms with Gasteiger partial charge in [-0.05, 0) is 30.5 Å². The van der Waals surface area contributed by atoms with Gasteiger partial charge in [0, 0.05) is 23.6 Å². The summed E-state index contributed by atoms with van der Waals surface area (Å²) >= 11 is 3.41. The van der Waals surface area contributed by atoms with Crippen LogP contribution in [0.4, 0.5) is 0 Å². The highest BCUT2D eigenvalue weighted by atomic mass is 79.9. The number of carbonyl (C=O) groups excluding carboxylic acids is 1. The van der Waals surface area contributed by atoms with E-state index in [2.05, 4.69) is 29.8 Å². The smallest absolute Gasteiger partial charge is 0.253 e. The second-order valence-electron chi connectivity index (χ2n) is 4.66. The van der Waals surface area contributed by atoms with Crippen LogP contribution in [0.15, 0.2) is 22.7 Å². The van der Waals surface area contributed by atoms with Gasteiger partial charge in [-0.25, -0.2) is 0 Å². The number of hydrogen-bond donors (Lipinski definition) is 0. The lowest BCUT2D eigenvalue weighted by molar-refractivity contribution is 0.0774. The molecule has 0 bridgehead atoms. The summed E-state index contributed by atoms with van der Waals surface area (Å²) in [4.78, 5) is 14.1. The Labute approximate surface area is 112 Å². The molecule has 0 aliphatic carbocycles. The number of nitrogens with zero attached hydrogens (tertiary/aromatic N) is 1. The van der Waals surface area contributed by atoms with Crippen LogP contribution < -0.4 is 0 Å². The van der Waals surface area contributed by atoms with Gasteiger partial charge in [0.25, 0.3) is 5.91 Å². The molecule has 17 heavy (non-hydrogen) atoms. The van der Waals surface area contributed by atoms with Crippen LogP contribution in [0, 0.1) is 12.8 Å². The molecule has 0 N–H and O–H groups in total. The first-order chi connectivity index (χ1) is 7.95. The summed E-state index contributed by atoms with van der Waals surface area (Å²) in [5.74, 6) is 0.639. The van der Waals surface area contributed by atoms with Gasteiger partial charge in [0.2, 0.25) is 0 Å². The molecule has 0 saturated heterocycles. The van der Waals surface area contributed by atoms with Crippen molar-refractivity contribution in [1.82, 2.24) is 4.90 Å². The summed E-state index contributed by atoms with van der Waals surface area (Å²) in [6, 6.07) is 5.82. The first-order valence-corrected chi connectivity index (χ1v) is 6.76. The molecule has 94 valence electrons. The zero-order chi connectivity index (χ0) is 13.0. The Morgan fingerprint density at radius 3 is 2.71 bits per heavy atom. The van der Waals surface area contributed by atoms with Crippen LogP contribution in [0.2, 0.25) is 0 Å². The molecule has 0 fully saturated rings. The fourth-order valence-corrected chi connectivity index (χ4v) is 2.07. The van der Waals surface area contributed by atoms with E-state index in [1.165, 1.54) is 0 Å². The zero-order valence-electron chi connectivity index (χ0n) is 11.0. The lowest BCUT2D eigenvalue weighted by Crippen LogP contribution is -2.31. The summed E-state index contributed by atoms with van der Waals surface area (Å²) in [5.41, 5.74) is 1.80. The molecule has 0 aliphatic rings. The fourth-order valence-electron chi connectivity index (χ4n) is 1.71. The molecule has 0 aromatic heterocycles. The van der Waals surface area contributed by atoms with Crippen LogP contribution in [0.25, 0.3) is 0 Å². The molecule has 0 radical (unpaired) electrons. The van der Waals surface area contributed by atoms with E-state index in [0.717, 1.165) is 28.6 Å². The van der Waals surface area contributed by atoms with E-state index < -0.39 is 0 Å². The molecule has 0 heterocycles. The molecule has 0 aliphatic heterocycles. The van der Waals surface area contributed by atoms with Gasteiger partial charge >= 0.3 is 0 Å². The van der Waals surface area contributed by atoms with E-state index in [9.17, 15) is 4.79 Å². The minimum absolute atomic E-state index is 0.101. The van der Waals surface area contributed by atoms with Crippen molar-refractivity contribution in [3.8, 4) is 0 Å². The number of halogens is 1. The summed E-state index contributed by atoms with van der Waals surface area (Å²) in [5, 5.41) is 0. The number of benzene rings is 1. The number of aryl methyl sites for hydroxylation is 1. The Bertz CT molecular complexity index is 403. The maximum atomic E-state index is 12.3. The van der Waals surface area contributed by atoms with Gasteiger partial charge in [0.05, 0.1) is 0 Å². The summed E-state index contributed by atoms with van der Waals surface area (Å²) in [7, 11) is 1.87. The van der Waals surface area contributed by atoms with Crippen molar-refractivity contribution in [2.24, 2.45) is 5.92 Å². The van der Waals surface area contributed by atoms with Gasteiger partial charge in [-0.1, -0.05) is 42.3 Å². The molecule has 1 unspecified atom stereocenters. The predicted octanol–water partition coefficient (Wildman–Crippen LogP) is 3.88. The highest BCUT2D eigenvalue weighted by Crippen LogP contribution is 2.18. The van der Waals surface area contributed by atoms with Gasteiger partial charge in [-0.2, -0.15) is 0 Å².